The van der Waals surface area contributed by atoms with E-state index in [9.17, 15) is 14.0 Å². The van der Waals surface area contributed by atoms with E-state index < -0.39 is 23.9 Å². The molecule has 2 aliphatic rings. The molecular formula is C27H27FN2O5. The van der Waals surface area contributed by atoms with Crippen molar-refractivity contribution in [1.82, 2.24) is 5.32 Å². The van der Waals surface area contributed by atoms with E-state index in [1.54, 1.807) is 36.4 Å². The Balaban J connectivity index is 1.51. The molecule has 1 saturated carbocycles. The van der Waals surface area contributed by atoms with Crippen LogP contribution in [0.25, 0.3) is 0 Å². The highest BCUT2D eigenvalue weighted by atomic mass is 19.1. The molecule has 2 atom stereocenters. The Kier molecular flexibility index (Phi) is 6.70. The summed E-state index contributed by atoms with van der Waals surface area (Å²) in [5, 5.41) is 3.09. The number of halogens is 1. The molecule has 3 aromatic rings. The van der Waals surface area contributed by atoms with Crippen molar-refractivity contribution >= 4 is 17.5 Å². The van der Waals surface area contributed by atoms with Gasteiger partial charge in [-0.2, -0.15) is 0 Å². The normalized spacial score (nSPS) is 18.5. The molecule has 5 rings (SSSR count). The van der Waals surface area contributed by atoms with Gasteiger partial charge in [-0.05, 0) is 55.3 Å². The van der Waals surface area contributed by atoms with Crippen LogP contribution in [0.2, 0.25) is 0 Å². The summed E-state index contributed by atoms with van der Waals surface area (Å²) in [6, 6.07) is 14.8. The SMILES string of the molecule is O=C(NC1CCCCC1)C(c1ccco1)N(C(=O)C1COc2ccccc2O1)c1cccc(F)c1. The summed E-state index contributed by atoms with van der Waals surface area (Å²) in [6.07, 6.45) is 5.38. The summed E-state index contributed by atoms with van der Waals surface area (Å²) < 4.78 is 31.6. The Hall–Kier alpha value is -3.81. The average molecular weight is 479 g/mol. The zero-order valence-corrected chi connectivity index (χ0v) is 19.2. The molecular weight excluding hydrogens is 451 g/mol. The number of rotatable bonds is 6. The van der Waals surface area contributed by atoms with Gasteiger partial charge in [0.25, 0.3) is 11.8 Å². The number of hydrogen-bond donors (Lipinski definition) is 1. The maximum atomic E-state index is 14.3. The first-order chi connectivity index (χ1) is 17.1. The predicted molar refractivity (Wildman–Crippen MR) is 127 cm³/mol. The van der Waals surface area contributed by atoms with E-state index >= 15 is 0 Å². The molecule has 1 N–H and O–H groups in total. The lowest BCUT2D eigenvalue weighted by molar-refractivity contribution is -0.132. The van der Waals surface area contributed by atoms with E-state index in [0.29, 0.717) is 11.5 Å². The number of ether oxygens (including phenoxy) is 2. The monoisotopic (exact) mass is 478 g/mol. The highest BCUT2D eigenvalue weighted by Crippen LogP contribution is 2.35. The molecule has 1 fully saturated rings. The maximum Gasteiger partial charge on any atom is 0.272 e. The van der Waals surface area contributed by atoms with Gasteiger partial charge in [0.1, 0.15) is 18.2 Å². The number of carbonyl (C=O) groups is 2. The zero-order chi connectivity index (χ0) is 24.2. The van der Waals surface area contributed by atoms with Crippen LogP contribution in [0, 0.1) is 5.82 Å². The molecule has 35 heavy (non-hydrogen) atoms. The second-order valence-electron chi connectivity index (χ2n) is 8.81. The van der Waals surface area contributed by atoms with Crippen LogP contribution >= 0.6 is 0 Å². The van der Waals surface area contributed by atoms with Crippen molar-refractivity contribution in [3.05, 3.63) is 78.5 Å². The minimum absolute atomic E-state index is 0.0133. The number of nitrogens with zero attached hydrogens (tertiary/aromatic N) is 1. The summed E-state index contributed by atoms with van der Waals surface area (Å²) >= 11 is 0. The molecule has 2 amide bonds. The topological polar surface area (TPSA) is 81.0 Å². The molecule has 1 aliphatic carbocycles. The highest BCUT2D eigenvalue weighted by molar-refractivity contribution is 6.03. The number of hydrogen-bond acceptors (Lipinski definition) is 5. The van der Waals surface area contributed by atoms with Crippen LogP contribution in [0.15, 0.2) is 71.3 Å². The van der Waals surface area contributed by atoms with Gasteiger partial charge in [0.2, 0.25) is 6.10 Å². The fourth-order valence-corrected chi connectivity index (χ4v) is 4.67. The van der Waals surface area contributed by atoms with Gasteiger partial charge < -0.3 is 19.2 Å². The van der Waals surface area contributed by atoms with Crippen molar-refractivity contribution in [2.45, 2.75) is 50.3 Å². The van der Waals surface area contributed by atoms with Gasteiger partial charge in [0.15, 0.2) is 17.5 Å². The Morgan fingerprint density at radius 3 is 2.51 bits per heavy atom. The van der Waals surface area contributed by atoms with E-state index in [1.807, 2.05) is 6.07 Å². The van der Waals surface area contributed by atoms with Crippen LogP contribution in [-0.2, 0) is 9.59 Å². The molecule has 2 aromatic carbocycles. The Morgan fingerprint density at radius 1 is 0.971 bits per heavy atom. The summed E-state index contributed by atoms with van der Waals surface area (Å²) in [7, 11) is 0. The number of furan rings is 1. The minimum atomic E-state index is -1.15. The molecule has 182 valence electrons. The van der Waals surface area contributed by atoms with E-state index in [0.717, 1.165) is 32.1 Å². The first-order valence-corrected chi connectivity index (χ1v) is 11.9. The Labute approximate surface area is 202 Å². The summed E-state index contributed by atoms with van der Waals surface area (Å²) in [5.41, 5.74) is 0.220. The van der Waals surface area contributed by atoms with Crippen LogP contribution in [0.4, 0.5) is 10.1 Å². The third-order valence-electron chi connectivity index (χ3n) is 6.38. The Bertz CT molecular complexity index is 1180. The number of nitrogens with one attached hydrogen (secondary N) is 1. The lowest BCUT2D eigenvalue weighted by atomic mass is 9.95. The van der Waals surface area contributed by atoms with Crippen molar-refractivity contribution in [2.24, 2.45) is 0 Å². The van der Waals surface area contributed by atoms with Crippen molar-refractivity contribution in [2.75, 3.05) is 11.5 Å². The number of fused-ring (bicyclic) bond motifs is 1. The average Bonchev–Trinajstić information content (AvgIpc) is 3.41. The van der Waals surface area contributed by atoms with E-state index in [-0.39, 0.29) is 30.0 Å². The second-order valence-corrected chi connectivity index (χ2v) is 8.81. The van der Waals surface area contributed by atoms with Gasteiger partial charge in [0.05, 0.1) is 6.26 Å². The van der Waals surface area contributed by atoms with Gasteiger partial charge >= 0.3 is 0 Å². The molecule has 8 heteroatoms. The summed E-state index contributed by atoms with van der Waals surface area (Å²) in [4.78, 5) is 28.8. The highest BCUT2D eigenvalue weighted by Gasteiger charge is 2.41. The van der Waals surface area contributed by atoms with Crippen LogP contribution in [-0.4, -0.2) is 30.6 Å². The van der Waals surface area contributed by atoms with Gasteiger partial charge in [-0.25, -0.2) is 4.39 Å². The number of para-hydroxylation sites is 2. The van der Waals surface area contributed by atoms with E-state index in [4.69, 9.17) is 13.9 Å². The molecule has 0 radical (unpaired) electrons. The van der Waals surface area contributed by atoms with Crippen LogP contribution in [0.1, 0.15) is 43.9 Å². The molecule has 2 unspecified atom stereocenters. The Morgan fingerprint density at radius 2 is 1.77 bits per heavy atom. The maximum absolute atomic E-state index is 14.3. The fourth-order valence-electron chi connectivity index (χ4n) is 4.67. The third kappa shape index (κ3) is 5.01. The molecule has 7 nitrogen and oxygen atoms in total. The van der Waals surface area contributed by atoms with Crippen LogP contribution in [0.3, 0.4) is 0 Å². The molecule has 2 heterocycles. The molecule has 1 aromatic heterocycles. The molecule has 0 bridgehead atoms. The molecule has 0 saturated heterocycles. The van der Waals surface area contributed by atoms with Crippen molar-refractivity contribution in [3.63, 3.8) is 0 Å². The lowest BCUT2D eigenvalue weighted by Gasteiger charge is -2.35. The first-order valence-electron chi connectivity index (χ1n) is 11.9. The number of anilines is 1. The predicted octanol–water partition coefficient (Wildman–Crippen LogP) is 4.78. The zero-order valence-electron chi connectivity index (χ0n) is 19.2. The lowest BCUT2D eigenvalue weighted by Crippen LogP contribution is -2.52. The number of amides is 2. The quantitative estimate of drug-likeness (QED) is 0.551. The van der Waals surface area contributed by atoms with Crippen molar-refractivity contribution < 1.29 is 27.9 Å². The smallest absolute Gasteiger partial charge is 0.272 e. The van der Waals surface area contributed by atoms with Gasteiger partial charge in [-0.15, -0.1) is 0 Å². The fraction of sp³-hybridized carbons (Fsp3) is 0.333. The minimum Gasteiger partial charge on any atom is -0.485 e. The third-order valence-corrected chi connectivity index (χ3v) is 6.38. The van der Waals surface area contributed by atoms with Crippen LogP contribution in [0.5, 0.6) is 11.5 Å². The number of carbonyl (C=O) groups excluding carboxylic acids is 2. The molecule has 0 spiro atoms. The van der Waals surface area contributed by atoms with E-state index in [2.05, 4.69) is 5.32 Å². The summed E-state index contributed by atoms with van der Waals surface area (Å²) in [5.74, 6) is -0.221. The second kappa shape index (κ2) is 10.2. The largest absolute Gasteiger partial charge is 0.485 e. The van der Waals surface area contributed by atoms with Gasteiger partial charge in [-0.3, -0.25) is 14.5 Å². The van der Waals surface area contributed by atoms with Crippen molar-refractivity contribution in [1.29, 1.82) is 0 Å². The molecule has 1 aliphatic heterocycles. The van der Waals surface area contributed by atoms with Gasteiger partial charge in [-0.1, -0.05) is 37.5 Å². The van der Waals surface area contributed by atoms with Crippen molar-refractivity contribution in [3.8, 4) is 11.5 Å². The van der Waals surface area contributed by atoms with Gasteiger partial charge in [0, 0.05) is 11.7 Å². The first kappa shape index (κ1) is 23.0. The number of benzene rings is 2. The standard InChI is InChI=1S/C27H27FN2O5/c28-18-8-6-11-20(16-18)30(27(32)24-17-34-21-12-4-5-13-22(21)35-24)25(23-14-7-15-33-23)26(31)29-19-9-2-1-3-10-19/h4-8,11-16,19,24-25H,1-3,9-10,17H2,(H,29,31). The van der Waals surface area contributed by atoms with Crippen LogP contribution < -0.4 is 19.7 Å². The summed E-state index contributed by atoms with van der Waals surface area (Å²) in [6.45, 7) is -0.0449. The van der Waals surface area contributed by atoms with E-state index in [1.165, 1.54) is 29.4 Å².